The van der Waals surface area contributed by atoms with Gasteiger partial charge in [0.2, 0.25) is 0 Å². The van der Waals surface area contributed by atoms with E-state index in [0.717, 1.165) is 42.9 Å². The lowest BCUT2D eigenvalue weighted by Crippen LogP contribution is -3.14. The molecular formula is C22H26N3O2S+. The number of nitrogens with zero attached hydrogens (tertiary/aromatic N) is 1. The van der Waals surface area contributed by atoms with E-state index >= 15 is 0 Å². The molecule has 6 heteroatoms. The second-order valence-electron chi connectivity index (χ2n) is 7.22. The molecule has 5 nitrogen and oxygen atoms in total. The fraction of sp³-hybridized carbons (Fsp3) is 0.364. The highest BCUT2D eigenvalue weighted by Crippen LogP contribution is 2.30. The molecule has 2 aromatic carbocycles. The minimum Gasteiger partial charge on any atom is -0.492 e. The largest absolute Gasteiger partial charge is 0.492 e. The van der Waals surface area contributed by atoms with Crippen molar-refractivity contribution in [2.75, 3.05) is 31.6 Å². The fourth-order valence-corrected chi connectivity index (χ4v) is 4.96. The van der Waals surface area contributed by atoms with Gasteiger partial charge in [0.1, 0.15) is 10.8 Å². The number of thiazole rings is 1. The van der Waals surface area contributed by atoms with Crippen LogP contribution in [0.3, 0.4) is 0 Å². The number of carbonyl (C=O) groups excluding carboxylic acids is 1. The molecule has 1 fully saturated rings. The Morgan fingerprint density at radius 2 is 2.07 bits per heavy atom. The number of likely N-dealkylation sites (tertiary alicyclic amines) is 1. The molecule has 1 amide bonds. The molecule has 0 bridgehead atoms. The molecule has 0 aliphatic carbocycles. The lowest BCUT2D eigenvalue weighted by Gasteiger charge is -2.28. The second kappa shape index (κ2) is 8.71. The van der Waals surface area contributed by atoms with Crippen molar-refractivity contribution in [1.82, 2.24) is 4.98 Å². The van der Waals surface area contributed by atoms with Crippen molar-refractivity contribution >= 4 is 33.1 Å². The number of hydrogen-bond acceptors (Lipinski definition) is 4. The van der Waals surface area contributed by atoms with Gasteiger partial charge in [-0.1, -0.05) is 24.3 Å². The number of quaternary nitrogens is 1. The Morgan fingerprint density at radius 1 is 1.25 bits per heavy atom. The Labute approximate surface area is 169 Å². The van der Waals surface area contributed by atoms with Gasteiger partial charge in [-0.3, -0.25) is 4.79 Å². The molecule has 146 valence electrons. The molecule has 0 spiro atoms. The van der Waals surface area contributed by atoms with Crippen molar-refractivity contribution in [3.8, 4) is 5.75 Å². The van der Waals surface area contributed by atoms with Gasteiger partial charge in [-0.25, -0.2) is 4.98 Å². The summed E-state index contributed by atoms with van der Waals surface area (Å²) < 4.78 is 6.85. The maximum atomic E-state index is 12.6. The fourth-order valence-electron chi connectivity index (χ4n) is 3.86. The topological polar surface area (TPSA) is 55.7 Å². The van der Waals surface area contributed by atoms with E-state index < -0.39 is 0 Å². The molecule has 28 heavy (non-hydrogen) atoms. The van der Waals surface area contributed by atoms with Gasteiger partial charge in [-0.15, -0.1) is 11.3 Å². The molecule has 4 rings (SSSR count). The normalized spacial score (nSPS) is 19.5. The third-order valence-electron chi connectivity index (χ3n) is 5.15. The number of nitrogens with one attached hydrogen (secondary N) is 2. The zero-order chi connectivity index (χ0) is 19.3. The third-order valence-corrected chi connectivity index (χ3v) is 6.35. The summed E-state index contributed by atoms with van der Waals surface area (Å²) in [4.78, 5) is 18.8. The predicted octanol–water partition coefficient (Wildman–Crippen LogP) is 3.10. The average Bonchev–Trinajstić information content (AvgIpc) is 3.14. The van der Waals surface area contributed by atoms with E-state index in [1.165, 1.54) is 14.6 Å². The Kier molecular flexibility index (Phi) is 5.88. The molecule has 1 unspecified atom stereocenters. The summed E-state index contributed by atoms with van der Waals surface area (Å²) in [6.07, 6.45) is 2.27. The van der Waals surface area contributed by atoms with Gasteiger partial charge in [0.05, 0.1) is 41.5 Å². The molecule has 2 atom stereocenters. The summed E-state index contributed by atoms with van der Waals surface area (Å²) in [5.74, 6) is 1.19. The molecule has 2 N–H and O–H groups in total. The number of piperidine rings is 1. The van der Waals surface area contributed by atoms with Crippen LogP contribution in [0, 0.1) is 0 Å². The summed E-state index contributed by atoms with van der Waals surface area (Å²) in [5.41, 5.74) is 1.83. The number of carbonyl (C=O) groups is 1. The highest BCUT2D eigenvalue weighted by atomic mass is 32.1. The monoisotopic (exact) mass is 396 g/mol. The third kappa shape index (κ3) is 4.34. The first-order valence-electron chi connectivity index (χ1n) is 9.93. The lowest BCUT2D eigenvalue weighted by atomic mass is 9.99. The van der Waals surface area contributed by atoms with Gasteiger partial charge < -0.3 is 15.0 Å². The van der Waals surface area contributed by atoms with Crippen LogP contribution in [0.5, 0.6) is 5.75 Å². The first kappa shape index (κ1) is 18.9. The predicted molar refractivity (Wildman–Crippen MR) is 113 cm³/mol. The standard InChI is InChI=1S/C22H25N3O2S/c1-2-27-19-11-5-3-9-17(19)23-21(26)15-25-13-7-8-16(14-25)22-24-18-10-4-6-12-20(18)28-22/h3-6,9-12,16H,2,7-8,13-15H2,1H3,(H,23,26)/p+1/t16-/m1/s1. The lowest BCUT2D eigenvalue weighted by molar-refractivity contribution is -0.898. The maximum absolute atomic E-state index is 12.6. The molecule has 3 aromatic rings. The second-order valence-corrected chi connectivity index (χ2v) is 8.28. The van der Waals surface area contributed by atoms with Crippen LogP contribution in [0.25, 0.3) is 10.2 Å². The minimum atomic E-state index is 0.0344. The number of anilines is 1. The Morgan fingerprint density at radius 3 is 2.93 bits per heavy atom. The van der Waals surface area contributed by atoms with Crippen molar-refractivity contribution in [2.24, 2.45) is 0 Å². The number of benzene rings is 2. The first-order chi connectivity index (χ1) is 13.7. The first-order valence-corrected chi connectivity index (χ1v) is 10.8. The molecule has 1 saturated heterocycles. The SMILES string of the molecule is CCOc1ccccc1NC(=O)C[NH+]1CCC[C@@H](c2nc3ccccc3s2)C1. The van der Waals surface area contributed by atoms with Crippen molar-refractivity contribution in [3.05, 3.63) is 53.5 Å². The summed E-state index contributed by atoms with van der Waals surface area (Å²) in [6.45, 7) is 4.98. The van der Waals surface area contributed by atoms with Gasteiger partial charge in [0.25, 0.3) is 5.91 Å². The number of fused-ring (bicyclic) bond motifs is 1. The molecule has 0 radical (unpaired) electrons. The van der Waals surface area contributed by atoms with E-state index in [1.807, 2.05) is 37.3 Å². The molecule has 1 aromatic heterocycles. The molecule has 2 heterocycles. The van der Waals surface area contributed by atoms with Crippen molar-refractivity contribution < 1.29 is 14.4 Å². The van der Waals surface area contributed by atoms with Crippen LogP contribution in [0.15, 0.2) is 48.5 Å². The van der Waals surface area contributed by atoms with E-state index in [9.17, 15) is 4.79 Å². The summed E-state index contributed by atoms with van der Waals surface area (Å²) in [5, 5.41) is 4.23. The van der Waals surface area contributed by atoms with Crippen molar-refractivity contribution in [2.45, 2.75) is 25.7 Å². The number of hydrogen-bond donors (Lipinski definition) is 2. The van der Waals surface area contributed by atoms with Gasteiger partial charge in [0.15, 0.2) is 6.54 Å². The summed E-state index contributed by atoms with van der Waals surface area (Å²) >= 11 is 1.79. The smallest absolute Gasteiger partial charge is 0.279 e. The highest BCUT2D eigenvalue weighted by Gasteiger charge is 2.28. The van der Waals surface area contributed by atoms with Crippen LogP contribution in [-0.2, 0) is 4.79 Å². The number of para-hydroxylation sites is 3. The van der Waals surface area contributed by atoms with E-state index in [0.29, 0.717) is 19.1 Å². The summed E-state index contributed by atoms with van der Waals surface area (Å²) in [6, 6.07) is 15.9. The van der Waals surface area contributed by atoms with E-state index in [-0.39, 0.29) is 5.91 Å². The molecule has 0 saturated carbocycles. The summed E-state index contributed by atoms with van der Waals surface area (Å²) in [7, 11) is 0. The average molecular weight is 397 g/mol. The van der Waals surface area contributed by atoms with Crippen LogP contribution in [0.4, 0.5) is 5.69 Å². The Bertz CT molecular complexity index is 923. The van der Waals surface area contributed by atoms with Crippen LogP contribution in [0.2, 0.25) is 0 Å². The molecular weight excluding hydrogens is 370 g/mol. The van der Waals surface area contributed by atoms with E-state index in [2.05, 4.69) is 23.5 Å². The number of amides is 1. The zero-order valence-corrected chi connectivity index (χ0v) is 16.9. The van der Waals surface area contributed by atoms with Crippen LogP contribution in [0.1, 0.15) is 30.7 Å². The zero-order valence-electron chi connectivity index (χ0n) is 16.1. The van der Waals surface area contributed by atoms with Gasteiger partial charge in [0, 0.05) is 0 Å². The maximum Gasteiger partial charge on any atom is 0.279 e. The Hall–Kier alpha value is -2.44. The van der Waals surface area contributed by atoms with E-state index in [1.54, 1.807) is 11.3 Å². The number of rotatable bonds is 6. The van der Waals surface area contributed by atoms with E-state index in [4.69, 9.17) is 9.72 Å². The molecule has 1 aliphatic rings. The highest BCUT2D eigenvalue weighted by molar-refractivity contribution is 7.18. The van der Waals surface area contributed by atoms with Crippen molar-refractivity contribution in [3.63, 3.8) is 0 Å². The minimum absolute atomic E-state index is 0.0344. The van der Waals surface area contributed by atoms with Gasteiger partial charge in [-0.2, -0.15) is 0 Å². The quantitative estimate of drug-likeness (QED) is 0.673. The molecule has 1 aliphatic heterocycles. The van der Waals surface area contributed by atoms with Gasteiger partial charge >= 0.3 is 0 Å². The van der Waals surface area contributed by atoms with Crippen LogP contribution < -0.4 is 15.0 Å². The Balaban J connectivity index is 1.39. The van der Waals surface area contributed by atoms with Crippen LogP contribution >= 0.6 is 11.3 Å². The van der Waals surface area contributed by atoms with Crippen molar-refractivity contribution in [1.29, 1.82) is 0 Å². The number of ether oxygens (including phenoxy) is 1. The number of aromatic nitrogens is 1. The van der Waals surface area contributed by atoms with Gasteiger partial charge in [-0.05, 0) is 44.0 Å². The van der Waals surface area contributed by atoms with Crippen LogP contribution in [-0.4, -0.2) is 37.1 Å².